The maximum atomic E-state index is 5.37. The molecule has 0 aliphatic heterocycles. The third-order valence-electron chi connectivity index (χ3n) is 3.61. The molecule has 2 rings (SSSR count). The van der Waals surface area contributed by atoms with E-state index >= 15 is 0 Å². The summed E-state index contributed by atoms with van der Waals surface area (Å²) in [4.78, 5) is 5.71. The molecular weight excluding hydrogens is 433 g/mol. The lowest BCUT2D eigenvalue weighted by Gasteiger charge is -2.16. The molecule has 1 atom stereocenters. The smallest absolute Gasteiger partial charge is 0.191 e. The maximum absolute atomic E-state index is 5.37. The molecule has 2 aromatic rings. The molecule has 132 valence electrons. The van der Waals surface area contributed by atoms with Gasteiger partial charge in [0.2, 0.25) is 0 Å². The average molecular weight is 459 g/mol. The molecule has 2 N–H and O–H groups in total. The van der Waals surface area contributed by atoms with Crippen LogP contribution in [0, 0.1) is 5.92 Å². The Morgan fingerprint density at radius 2 is 2.00 bits per heavy atom. The van der Waals surface area contributed by atoms with E-state index in [1.165, 1.54) is 4.88 Å². The standard InChI is InChI=1S/C18H25N3OS.HI/c1-14(11-16-8-6-10-23-16)12-20-18(19-2)21-13-15-7-4-5-9-17(15)22-3;/h4-10,14H,11-13H2,1-3H3,(H2,19,20,21);1H. The summed E-state index contributed by atoms with van der Waals surface area (Å²) in [5, 5.41) is 8.86. The monoisotopic (exact) mass is 459 g/mol. The maximum Gasteiger partial charge on any atom is 0.191 e. The minimum Gasteiger partial charge on any atom is -0.496 e. The molecule has 0 saturated heterocycles. The Morgan fingerprint density at radius 1 is 1.21 bits per heavy atom. The van der Waals surface area contributed by atoms with E-state index in [2.05, 4.69) is 46.1 Å². The molecule has 1 aromatic heterocycles. The SMILES string of the molecule is CN=C(NCc1ccccc1OC)NCC(C)Cc1cccs1.I. The topological polar surface area (TPSA) is 45.7 Å². The highest BCUT2D eigenvalue weighted by atomic mass is 127. The van der Waals surface area contributed by atoms with Crippen LogP contribution in [0.1, 0.15) is 17.4 Å². The van der Waals surface area contributed by atoms with Crippen LogP contribution >= 0.6 is 35.3 Å². The summed E-state index contributed by atoms with van der Waals surface area (Å²) < 4.78 is 5.37. The number of benzene rings is 1. The van der Waals surface area contributed by atoms with E-state index in [-0.39, 0.29) is 24.0 Å². The first-order chi connectivity index (χ1) is 11.2. The van der Waals surface area contributed by atoms with Crippen molar-refractivity contribution in [3.63, 3.8) is 0 Å². The number of rotatable bonds is 7. The molecule has 24 heavy (non-hydrogen) atoms. The van der Waals surface area contributed by atoms with Crippen LogP contribution in [0.5, 0.6) is 5.75 Å². The molecule has 0 saturated carbocycles. The Labute approximate surface area is 165 Å². The largest absolute Gasteiger partial charge is 0.496 e. The van der Waals surface area contributed by atoms with Crippen molar-refractivity contribution in [1.29, 1.82) is 0 Å². The van der Waals surface area contributed by atoms with E-state index in [1.54, 1.807) is 14.2 Å². The van der Waals surface area contributed by atoms with Gasteiger partial charge in [-0.05, 0) is 29.9 Å². The van der Waals surface area contributed by atoms with Crippen molar-refractivity contribution in [2.75, 3.05) is 20.7 Å². The zero-order valence-electron chi connectivity index (χ0n) is 14.4. The third kappa shape index (κ3) is 6.68. The minimum absolute atomic E-state index is 0. The number of nitrogens with one attached hydrogen (secondary N) is 2. The molecular formula is C18H26IN3OS. The van der Waals surface area contributed by atoms with Gasteiger partial charge in [0.05, 0.1) is 7.11 Å². The second-order valence-electron chi connectivity index (χ2n) is 5.51. The number of hydrogen-bond donors (Lipinski definition) is 2. The number of ether oxygens (including phenoxy) is 1. The molecule has 0 bridgehead atoms. The predicted octanol–water partition coefficient (Wildman–Crippen LogP) is 3.92. The fraction of sp³-hybridized carbons (Fsp3) is 0.389. The highest BCUT2D eigenvalue weighted by Crippen LogP contribution is 2.16. The van der Waals surface area contributed by atoms with Crippen LogP contribution in [-0.4, -0.2) is 26.7 Å². The second kappa shape index (κ2) is 11.3. The van der Waals surface area contributed by atoms with Crippen molar-refractivity contribution in [2.45, 2.75) is 19.9 Å². The van der Waals surface area contributed by atoms with Crippen molar-refractivity contribution < 1.29 is 4.74 Å². The summed E-state index contributed by atoms with van der Waals surface area (Å²) in [6.07, 6.45) is 1.09. The van der Waals surface area contributed by atoms with Crippen molar-refractivity contribution in [2.24, 2.45) is 10.9 Å². The van der Waals surface area contributed by atoms with Gasteiger partial charge in [-0.15, -0.1) is 35.3 Å². The summed E-state index contributed by atoms with van der Waals surface area (Å²) in [6.45, 7) is 3.83. The molecule has 0 aliphatic rings. The zero-order valence-corrected chi connectivity index (χ0v) is 17.6. The minimum atomic E-state index is 0. The van der Waals surface area contributed by atoms with Crippen molar-refractivity contribution in [3.8, 4) is 5.75 Å². The number of guanidine groups is 1. The fourth-order valence-corrected chi connectivity index (χ4v) is 3.23. The van der Waals surface area contributed by atoms with Crippen LogP contribution in [0.15, 0.2) is 46.8 Å². The van der Waals surface area contributed by atoms with Gasteiger partial charge in [0.15, 0.2) is 5.96 Å². The number of thiophene rings is 1. The van der Waals surface area contributed by atoms with Gasteiger partial charge < -0.3 is 15.4 Å². The summed E-state index contributed by atoms with van der Waals surface area (Å²) in [5.74, 6) is 2.26. The van der Waals surface area contributed by atoms with Crippen LogP contribution in [-0.2, 0) is 13.0 Å². The van der Waals surface area contributed by atoms with E-state index in [0.29, 0.717) is 12.5 Å². The van der Waals surface area contributed by atoms with Crippen LogP contribution in [0.25, 0.3) is 0 Å². The number of nitrogens with zero attached hydrogens (tertiary/aromatic N) is 1. The first-order valence-corrected chi connectivity index (χ1v) is 8.69. The summed E-state index contributed by atoms with van der Waals surface area (Å²) in [5.41, 5.74) is 1.12. The molecule has 0 aliphatic carbocycles. The Kier molecular flexibility index (Phi) is 9.78. The van der Waals surface area contributed by atoms with Crippen LogP contribution in [0.4, 0.5) is 0 Å². The van der Waals surface area contributed by atoms with E-state index in [1.807, 2.05) is 29.5 Å². The normalized spacial score (nSPS) is 12.2. The second-order valence-corrected chi connectivity index (χ2v) is 6.54. The summed E-state index contributed by atoms with van der Waals surface area (Å²) in [6, 6.07) is 12.3. The molecule has 1 unspecified atom stereocenters. The Bertz CT molecular complexity index is 616. The summed E-state index contributed by atoms with van der Waals surface area (Å²) >= 11 is 1.82. The van der Waals surface area contributed by atoms with Gasteiger partial charge in [0.1, 0.15) is 5.75 Å². The zero-order chi connectivity index (χ0) is 16.5. The van der Waals surface area contributed by atoms with Crippen LogP contribution < -0.4 is 15.4 Å². The quantitative estimate of drug-likeness (QED) is 0.375. The third-order valence-corrected chi connectivity index (χ3v) is 4.51. The molecule has 0 fully saturated rings. The molecule has 0 spiro atoms. The van der Waals surface area contributed by atoms with E-state index in [9.17, 15) is 0 Å². The molecule has 1 aromatic carbocycles. The highest BCUT2D eigenvalue weighted by molar-refractivity contribution is 14.0. The predicted molar refractivity (Wildman–Crippen MR) is 114 cm³/mol. The van der Waals surface area contributed by atoms with Crippen LogP contribution in [0.3, 0.4) is 0 Å². The Morgan fingerprint density at radius 3 is 2.67 bits per heavy atom. The Hall–Kier alpha value is -1.28. The number of hydrogen-bond acceptors (Lipinski definition) is 3. The number of halogens is 1. The van der Waals surface area contributed by atoms with Gasteiger partial charge >= 0.3 is 0 Å². The van der Waals surface area contributed by atoms with Gasteiger partial charge in [0, 0.05) is 30.6 Å². The lowest BCUT2D eigenvalue weighted by atomic mass is 10.1. The van der Waals surface area contributed by atoms with Gasteiger partial charge in [0.25, 0.3) is 0 Å². The molecule has 0 amide bonds. The molecule has 0 radical (unpaired) electrons. The van der Waals surface area contributed by atoms with E-state index in [0.717, 1.165) is 30.2 Å². The number of methoxy groups -OCH3 is 1. The molecule has 6 heteroatoms. The van der Waals surface area contributed by atoms with Gasteiger partial charge in [-0.1, -0.05) is 31.2 Å². The fourth-order valence-electron chi connectivity index (χ4n) is 2.36. The van der Waals surface area contributed by atoms with Gasteiger partial charge in [-0.2, -0.15) is 0 Å². The van der Waals surface area contributed by atoms with Crippen LogP contribution in [0.2, 0.25) is 0 Å². The lowest BCUT2D eigenvalue weighted by molar-refractivity contribution is 0.409. The average Bonchev–Trinajstić information content (AvgIpc) is 3.08. The van der Waals surface area contributed by atoms with Gasteiger partial charge in [-0.25, -0.2) is 0 Å². The van der Waals surface area contributed by atoms with Crippen molar-refractivity contribution in [3.05, 3.63) is 52.2 Å². The van der Waals surface area contributed by atoms with Crippen molar-refractivity contribution >= 4 is 41.3 Å². The molecule has 4 nitrogen and oxygen atoms in total. The van der Waals surface area contributed by atoms with E-state index < -0.39 is 0 Å². The number of para-hydroxylation sites is 1. The highest BCUT2D eigenvalue weighted by Gasteiger charge is 2.07. The first kappa shape index (κ1) is 20.8. The lowest BCUT2D eigenvalue weighted by Crippen LogP contribution is -2.39. The Balaban J connectivity index is 0.00000288. The first-order valence-electron chi connectivity index (χ1n) is 7.81. The number of aliphatic imine (C=N–C) groups is 1. The van der Waals surface area contributed by atoms with E-state index in [4.69, 9.17) is 4.74 Å². The molecule has 1 heterocycles. The summed E-state index contributed by atoms with van der Waals surface area (Å²) in [7, 11) is 3.49. The van der Waals surface area contributed by atoms with Crippen molar-refractivity contribution in [1.82, 2.24) is 10.6 Å². The van der Waals surface area contributed by atoms with Gasteiger partial charge in [-0.3, -0.25) is 4.99 Å².